The number of para-hydroxylation sites is 1. The first-order valence-electron chi connectivity index (χ1n) is 9.10. The van der Waals surface area contributed by atoms with E-state index in [0.717, 1.165) is 44.7 Å². The Balaban J connectivity index is 1.53. The van der Waals surface area contributed by atoms with Gasteiger partial charge in [-0.3, -0.25) is 10.2 Å². The average molecular weight is 381 g/mol. The Labute approximate surface area is 163 Å². The van der Waals surface area contributed by atoms with E-state index >= 15 is 0 Å². The van der Waals surface area contributed by atoms with Gasteiger partial charge in [0.25, 0.3) is 0 Å². The fourth-order valence-electron chi connectivity index (χ4n) is 3.51. The molecule has 0 saturated heterocycles. The maximum absolute atomic E-state index is 4.84. The number of nitrogens with one attached hydrogen (secondary N) is 3. The van der Waals surface area contributed by atoms with Crippen LogP contribution in [0.1, 0.15) is 5.69 Å². The van der Waals surface area contributed by atoms with Crippen LogP contribution in [-0.4, -0.2) is 44.9 Å². The van der Waals surface area contributed by atoms with Gasteiger partial charge >= 0.3 is 0 Å². The summed E-state index contributed by atoms with van der Waals surface area (Å²) >= 11 is 0. The van der Waals surface area contributed by atoms with E-state index in [1.165, 1.54) is 0 Å². The summed E-state index contributed by atoms with van der Waals surface area (Å²) in [4.78, 5) is 17.3. The molecule has 3 N–H and O–H groups in total. The highest BCUT2D eigenvalue weighted by atomic mass is 15.2. The van der Waals surface area contributed by atoms with E-state index in [0.29, 0.717) is 11.5 Å². The van der Waals surface area contributed by atoms with Crippen LogP contribution in [-0.2, 0) is 0 Å². The van der Waals surface area contributed by atoms with E-state index in [-0.39, 0.29) is 0 Å². The Morgan fingerprint density at radius 3 is 2.79 bits per heavy atom. The number of pyridine rings is 1. The van der Waals surface area contributed by atoms with Gasteiger partial charge in [-0.2, -0.15) is 10.2 Å². The molecule has 0 amide bonds. The molecule has 0 aliphatic carbocycles. The molecule has 9 heteroatoms. The maximum atomic E-state index is 4.84. The van der Waals surface area contributed by atoms with Crippen molar-refractivity contribution in [1.29, 1.82) is 0 Å². The number of hydrogen-bond donors (Lipinski definition) is 3. The fourth-order valence-corrected chi connectivity index (χ4v) is 3.51. The fraction of sp³-hybridized carbons (Fsp3) is 0.0500. The highest BCUT2D eigenvalue weighted by molar-refractivity contribution is 5.93. The van der Waals surface area contributed by atoms with Gasteiger partial charge in [0.15, 0.2) is 11.5 Å². The van der Waals surface area contributed by atoms with E-state index in [9.17, 15) is 0 Å². The first kappa shape index (κ1) is 15.8. The lowest BCUT2D eigenvalue weighted by atomic mass is 10.2. The summed E-state index contributed by atoms with van der Waals surface area (Å²) in [5.41, 5.74) is 7.69. The smallest absolute Gasteiger partial charge is 0.161 e. The van der Waals surface area contributed by atoms with E-state index < -0.39 is 0 Å². The first-order valence-corrected chi connectivity index (χ1v) is 9.10. The molecule has 5 heterocycles. The molecule has 0 saturated carbocycles. The van der Waals surface area contributed by atoms with Gasteiger partial charge in [-0.1, -0.05) is 6.07 Å². The number of H-pyrrole nitrogens is 3. The number of aromatic amines is 3. The molecule has 0 bridgehead atoms. The molecular formula is C20H15N9. The van der Waals surface area contributed by atoms with Gasteiger partial charge in [-0.25, -0.2) is 15.0 Å². The zero-order valence-corrected chi connectivity index (χ0v) is 15.4. The van der Waals surface area contributed by atoms with E-state index in [4.69, 9.17) is 9.97 Å². The average Bonchev–Trinajstić information content (AvgIpc) is 3.51. The van der Waals surface area contributed by atoms with Crippen LogP contribution >= 0.6 is 0 Å². The Hall–Kier alpha value is -4.27. The van der Waals surface area contributed by atoms with Crippen LogP contribution in [0.2, 0.25) is 0 Å². The summed E-state index contributed by atoms with van der Waals surface area (Å²) in [5, 5.41) is 14.3. The minimum Gasteiger partial charge on any atom is -0.336 e. The Bertz CT molecular complexity index is 1470. The van der Waals surface area contributed by atoms with Crippen molar-refractivity contribution in [3.63, 3.8) is 0 Å². The molecule has 0 aliphatic rings. The highest BCUT2D eigenvalue weighted by Crippen LogP contribution is 2.29. The summed E-state index contributed by atoms with van der Waals surface area (Å²) in [6.45, 7) is 1.96. The molecule has 0 radical (unpaired) electrons. The predicted octanol–water partition coefficient (Wildman–Crippen LogP) is 3.39. The number of rotatable bonds is 3. The second-order valence-electron chi connectivity index (χ2n) is 6.83. The number of aromatic nitrogens is 9. The lowest BCUT2D eigenvalue weighted by Crippen LogP contribution is -1.91. The Kier molecular flexibility index (Phi) is 3.19. The van der Waals surface area contributed by atoms with Crippen molar-refractivity contribution in [2.45, 2.75) is 6.92 Å². The van der Waals surface area contributed by atoms with Crippen LogP contribution in [0.25, 0.3) is 50.5 Å². The number of aryl methyl sites for hydroxylation is 1. The lowest BCUT2D eigenvalue weighted by molar-refractivity contribution is 1.06. The molecule has 0 fully saturated rings. The van der Waals surface area contributed by atoms with Crippen molar-refractivity contribution in [1.82, 2.24) is 44.9 Å². The molecule has 1 aromatic carbocycles. The van der Waals surface area contributed by atoms with E-state index in [2.05, 4.69) is 30.4 Å². The lowest BCUT2D eigenvalue weighted by Gasteiger charge is -2.01. The summed E-state index contributed by atoms with van der Waals surface area (Å²) in [5.74, 6) is 0.660. The second-order valence-corrected chi connectivity index (χ2v) is 6.83. The number of imidazole rings is 2. The molecule has 0 atom stereocenters. The second kappa shape index (κ2) is 5.86. The first-order chi connectivity index (χ1) is 14.3. The van der Waals surface area contributed by atoms with Gasteiger partial charge in [0.1, 0.15) is 11.0 Å². The molecule has 29 heavy (non-hydrogen) atoms. The highest BCUT2D eigenvalue weighted by Gasteiger charge is 2.17. The van der Waals surface area contributed by atoms with Crippen LogP contribution in [0.3, 0.4) is 0 Å². The zero-order chi connectivity index (χ0) is 19.4. The molecule has 0 aliphatic heterocycles. The topological polar surface area (TPSA) is 117 Å². The maximum Gasteiger partial charge on any atom is 0.161 e. The molecule has 6 rings (SSSR count). The van der Waals surface area contributed by atoms with Gasteiger partial charge in [-0.15, -0.1) is 0 Å². The summed E-state index contributed by atoms with van der Waals surface area (Å²) in [6, 6.07) is 9.91. The SMILES string of the molecule is Cc1cn(-c2cccc3[nH]c(-c4n[nH]c5ccc(-c6cn[nH]c6)nc45)nc23)cn1. The van der Waals surface area contributed by atoms with Crippen molar-refractivity contribution in [2.75, 3.05) is 0 Å². The van der Waals surface area contributed by atoms with Gasteiger partial charge in [0, 0.05) is 18.0 Å². The molecule has 140 valence electrons. The summed E-state index contributed by atoms with van der Waals surface area (Å²) in [6.07, 6.45) is 7.33. The number of benzene rings is 1. The van der Waals surface area contributed by atoms with Crippen LogP contribution in [0.15, 0.2) is 55.2 Å². The summed E-state index contributed by atoms with van der Waals surface area (Å²) in [7, 11) is 0. The van der Waals surface area contributed by atoms with Crippen molar-refractivity contribution in [3.8, 4) is 28.5 Å². The minimum absolute atomic E-state index is 0.660. The summed E-state index contributed by atoms with van der Waals surface area (Å²) < 4.78 is 1.97. The van der Waals surface area contributed by atoms with Crippen molar-refractivity contribution >= 4 is 22.1 Å². The van der Waals surface area contributed by atoms with Gasteiger partial charge < -0.3 is 9.55 Å². The van der Waals surface area contributed by atoms with Crippen LogP contribution in [0.4, 0.5) is 0 Å². The molecule has 0 spiro atoms. The molecule has 5 aromatic heterocycles. The molecule has 9 nitrogen and oxygen atoms in total. The van der Waals surface area contributed by atoms with Crippen LogP contribution in [0.5, 0.6) is 0 Å². The van der Waals surface area contributed by atoms with Gasteiger partial charge in [0.2, 0.25) is 0 Å². The monoisotopic (exact) mass is 381 g/mol. The van der Waals surface area contributed by atoms with Gasteiger partial charge in [0.05, 0.1) is 40.6 Å². The third-order valence-corrected chi connectivity index (χ3v) is 4.91. The van der Waals surface area contributed by atoms with E-state index in [1.54, 1.807) is 12.5 Å². The predicted molar refractivity (Wildman–Crippen MR) is 108 cm³/mol. The minimum atomic E-state index is 0.660. The number of hydrogen-bond acceptors (Lipinski definition) is 5. The number of nitrogens with zero attached hydrogens (tertiary/aromatic N) is 6. The molecular weight excluding hydrogens is 366 g/mol. The quantitative estimate of drug-likeness (QED) is 0.434. The van der Waals surface area contributed by atoms with Crippen LogP contribution in [0, 0.1) is 6.92 Å². The Morgan fingerprint density at radius 2 is 1.97 bits per heavy atom. The molecule has 6 aromatic rings. The zero-order valence-electron chi connectivity index (χ0n) is 15.4. The number of fused-ring (bicyclic) bond motifs is 2. The van der Waals surface area contributed by atoms with Crippen molar-refractivity contribution < 1.29 is 0 Å². The third kappa shape index (κ3) is 2.44. The van der Waals surface area contributed by atoms with Gasteiger partial charge in [-0.05, 0) is 31.2 Å². The Morgan fingerprint density at radius 1 is 1.00 bits per heavy atom. The standard InChI is InChI=1S/C20H15N9/c1-11-9-29(10-21-11)16-4-2-3-14-17(16)26-20(25-14)19-18-15(27-28-19)6-5-13(24-18)12-7-22-23-8-12/h2-10H,1H3,(H,22,23)(H,25,26)(H,27,28). The normalized spacial score (nSPS) is 11.6. The van der Waals surface area contributed by atoms with Crippen molar-refractivity contribution in [3.05, 3.63) is 60.9 Å². The third-order valence-electron chi connectivity index (χ3n) is 4.91. The van der Waals surface area contributed by atoms with Crippen LogP contribution < -0.4 is 0 Å². The van der Waals surface area contributed by atoms with Crippen molar-refractivity contribution in [2.24, 2.45) is 0 Å². The molecule has 0 unspecified atom stereocenters. The largest absolute Gasteiger partial charge is 0.336 e. The van der Waals surface area contributed by atoms with E-state index in [1.807, 2.05) is 54.2 Å².